The molecular weight excluding hydrogens is 435 g/mol. The molecule has 0 spiro atoms. The number of carbonyl (C=O) groups is 1. The lowest BCUT2D eigenvalue weighted by Crippen LogP contribution is -2.61. The molecule has 5 rings (SSSR count). The van der Waals surface area contributed by atoms with Gasteiger partial charge in [-0.25, -0.2) is 4.39 Å². The smallest absolute Gasteiger partial charge is 0.159 e. The highest BCUT2D eigenvalue weighted by atomic mass is 19.1. The van der Waals surface area contributed by atoms with E-state index in [0.29, 0.717) is 5.92 Å². The van der Waals surface area contributed by atoms with Gasteiger partial charge in [0.05, 0.1) is 6.10 Å². The summed E-state index contributed by atoms with van der Waals surface area (Å²) in [4.78, 5) is 13.6. The fourth-order valence-electron chi connectivity index (χ4n) is 9.04. The quantitative estimate of drug-likeness (QED) is 0.355. The van der Waals surface area contributed by atoms with Crippen LogP contribution in [0.2, 0.25) is 0 Å². The van der Waals surface area contributed by atoms with Crippen LogP contribution in [-0.2, 0) is 4.79 Å². The summed E-state index contributed by atoms with van der Waals surface area (Å²) >= 11 is 0. The van der Waals surface area contributed by atoms with Gasteiger partial charge in [0, 0.05) is 11.3 Å². The second kappa shape index (κ2) is 8.40. The molecule has 3 saturated carbocycles. The van der Waals surface area contributed by atoms with Crippen LogP contribution in [0.1, 0.15) is 70.8 Å². The van der Waals surface area contributed by atoms with Crippen molar-refractivity contribution in [2.75, 3.05) is 0 Å². The van der Waals surface area contributed by atoms with E-state index in [0.717, 1.165) is 56.9 Å². The Hall–Kier alpha value is -2.26. The van der Waals surface area contributed by atoms with Gasteiger partial charge in [-0.1, -0.05) is 55.9 Å². The summed E-state index contributed by atoms with van der Waals surface area (Å²) in [6.07, 6.45) is 17.5. The number of hydrogen-bond donors (Lipinski definition) is 1. The lowest BCUT2D eigenvalue weighted by Gasteiger charge is -2.68. The van der Waals surface area contributed by atoms with E-state index in [1.165, 1.54) is 17.7 Å². The van der Waals surface area contributed by atoms with Gasteiger partial charge in [-0.2, -0.15) is 0 Å². The predicted molar refractivity (Wildman–Crippen MR) is 140 cm³/mol. The molecule has 7 atom stereocenters. The normalized spacial score (nSPS) is 42.5. The lowest BCUT2D eigenvalue weighted by atomic mass is 9.36. The van der Waals surface area contributed by atoms with E-state index < -0.39 is 0 Å². The van der Waals surface area contributed by atoms with Gasteiger partial charge < -0.3 is 5.11 Å². The van der Waals surface area contributed by atoms with Crippen molar-refractivity contribution in [2.24, 2.45) is 33.5 Å². The summed E-state index contributed by atoms with van der Waals surface area (Å²) in [7, 11) is 0. The van der Waals surface area contributed by atoms with Crippen LogP contribution in [0.4, 0.5) is 4.39 Å². The molecule has 1 aromatic rings. The molecule has 4 aliphatic rings. The summed E-state index contributed by atoms with van der Waals surface area (Å²) in [5.41, 5.74) is 1.90. The number of fused-ring (bicyclic) bond motifs is 5. The molecule has 3 heteroatoms. The SMILES string of the molecule is C=CC12CC[C@]3(C)[C@@H](C(=O)/C=C/c4ccc(F)cc4)CCC3(C=C)C1CC=C1CC(O)CCC12C. The zero-order valence-corrected chi connectivity index (χ0v) is 21.2. The second-order valence-electron chi connectivity index (χ2n) is 12.0. The number of ketones is 1. The Morgan fingerprint density at radius 1 is 1.03 bits per heavy atom. The number of carbonyl (C=O) groups excluding carboxylic acids is 1. The fourth-order valence-corrected chi connectivity index (χ4v) is 9.04. The number of allylic oxidation sites excluding steroid dienone is 4. The molecule has 5 unspecified atom stereocenters. The van der Waals surface area contributed by atoms with Crippen molar-refractivity contribution >= 4 is 11.9 Å². The minimum Gasteiger partial charge on any atom is -0.393 e. The van der Waals surface area contributed by atoms with E-state index in [9.17, 15) is 14.3 Å². The third-order valence-electron chi connectivity index (χ3n) is 11.1. The topological polar surface area (TPSA) is 37.3 Å². The van der Waals surface area contributed by atoms with Crippen LogP contribution in [-0.4, -0.2) is 17.0 Å². The maximum Gasteiger partial charge on any atom is 0.159 e. The van der Waals surface area contributed by atoms with Crippen LogP contribution in [0.15, 0.2) is 67.3 Å². The Morgan fingerprint density at radius 3 is 2.43 bits per heavy atom. The van der Waals surface area contributed by atoms with Crippen LogP contribution in [0.3, 0.4) is 0 Å². The Balaban J connectivity index is 1.50. The first kappa shape index (κ1) is 24.4. The first-order valence-corrected chi connectivity index (χ1v) is 13.3. The largest absolute Gasteiger partial charge is 0.393 e. The number of aliphatic hydroxyl groups excluding tert-OH is 1. The van der Waals surface area contributed by atoms with Gasteiger partial charge in [-0.3, -0.25) is 4.79 Å². The van der Waals surface area contributed by atoms with Gasteiger partial charge in [-0.05, 0) is 97.3 Å². The van der Waals surface area contributed by atoms with Crippen molar-refractivity contribution in [2.45, 2.75) is 71.3 Å². The Labute approximate surface area is 209 Å². The molecule has 0 saturated heterocycles. The van der Waals surface area contributed by atoms with E-state index in [-0.39, 0.29) is 45.3 Å². The van der Waals surface area contributed by atoms with Crippen LogP contribution in [0.5, 0.6) is 0 Å². The number of hydrogen-bond acceptors (Lipinski definition) is 2. The van der Waals surface area contributed by atoms with E-state index in [1.54, 1.807) is 18.2 Å². The summed E-state index contributed by atoms with van der Waals surface area (Å²) in [5, 5.41) is 10.4. The van der Waals surface area contributed by atoms with Gasteiger partial charge >= 0.3 is 0 Å². The molecule has 1 aromatic carbocycles. The monoisotopic (exact) mass is 474 g/mol. The third kappa shape index (κ3) is 3.26. The third-order valence-corrected chi connectivity index (χ3v) is 11.1. The van der Waals surface area contributed by atoms with E-state index >= 15 is 0 Å². The highest BCUT2D eigenvalue weighted by Gasteiger charge is 2.70. The van der Waals surface area contributed by atoms with E-state index in [2.05, 4.69) is 45.2 Å². The van der Waals surface area contributed by atoms with Crippen molar-refractivity contribution in [3.63, 3.8) is 0 Å². The summed E-state index contributed by atoms with van der Waals surface area (Å²) in [5.74, 6) is 0.204. The molecule has 2 nitrogen and oxygen atoms in total. The van der Waals surface area contributed by atoms with Crippen LogP contribution >= 0.6 is 0 Å². The number of halogens is 1. The highest BCUT2D eigenvalue weighted by molar-refractivity contribution is 5.96. The minimum absolute atomic E-state index is 0.00117. The average Bonchev–Trinajstić information content (AvgIpc) is 3.17. The van der Waals surface area contributed by atoms with Crippen LogP contribution < -0.4 is 0 Å². The van der Waals surface area contributed by atoms with Crippen LogP contribution in [0, 0.1) is 39.3 Å². The molecule has 1 N–H and O–H groups in total. The summed E-state index contributed by atoms with van der Waals surface area (Å²) < 4.78 is 13.3. The molecule has 0 amide bonds. The van der Waals surface area contributed by atoms with Crippen molar-refractivity contribution in [3.8, 4) is 0 Å². The number of aliphatic hydroxyl groups is 1. The average molecular weight is 475 g/mol. The lowest BCUT2D eigenvalue weighted by molar-refractivity contribution is -0.143. The number of rotatable bonds is 5. The molecule has 0 bridgehead atoms. The molecule has 35 heavy (non-hydrogen) atoms. The van der Waals surface area contributed by atoms with E-state index in [1.807, 2.05) is 6.08 Å². The molecule has 3 fully saturated rings. The van der Waals surface area contributed by atoms with Crippen molar-refractivity contribution in [1.82, 2.24) is 0 Å². The Bertz CT molecular complexity index is 1100. The summed E-state index contributed by atoms with van der Waals surface area (Å²) in [6, 6.07) is 6.26. The van der Waals surface area contributed by atoms with E-state index in [4.69, 9.17) is 0 Å². The maximum atomic E-state index is 13.6. The molecule has 0 heterocycles. The summed E-state index contributed by atoms with van der Waals surface area (Å²) in [6.45, 7) is 13.5. The maximum absolute atomic E-state index is 13.6. The Kier molecular flexibility index (Phi) is 5.87. The molecular formula is C32H39FO2. The highest BCUT2D eigenvalue weighted by Crippen LogP contribution is 2.76. The van der Waals surface area contributed by atoms with Crippen molar-refractivity contribution < 1.29 is 14.3 Å². The van der Waals surface area contributed by atoms with Crippen molar-refractivity contribution in [3.05, 3.63) is 78.7 Å². The standard InChI is InChI=1S/C32H39FO2/c1-5-31-18-16-26(27(35)13-9-22-7-11-24(33)12-8-22)30(31,4)19-20-32(6-2)28(31)14-10-23-21-25(34)15-17-29(23,32)3/h5-13,25-26,28,34H,1-2,14-21H2,3-4H3/b13-9+/t25?,26-,28?,29?,30-,31?,32?/m1/s1. The van der Waals surface area contributed by atoms with Gasteiger partial charge in [0.15, 0.2) is 5.78 Å². The Morgan fingerprint density at radius 2 is 1.74 bits per heavy atom. The first-order chi connectivity index (χ1) is 16.7. The number of benzene rings is 1. The zero-order chi connectivity index (χ0) is 25.1. The molecule has 0 aromatic heterocycles. The molecule has 4 aliphatic carbocycles. The van der Waals surface area contributed by atoms with Gasteiger partial charge in [0.25, 0.3) is 0 Å². The second-order valence-corrected chi connectivity index (χ2v) is 12.0. The predicted octanol–water partition coefficient (Wildman–Crippen LogP) is 7.46. The first-order valence-electron chi connectivity index (χ1n) is 13.3. The van der Waals surface area contributed by atoms with Crippen molar-refractivity contribution in [1.29, 1.82) is 0 Å². The van der Waals surface area contributed by atoms with Gasteiger partial charge in [0.1, 0.15) is 5.82 Å². The van der Waals surface area contributed by atoms with Gasteiger partial charge in [-0.15, -0.1) is 13.2 Å². The molecule has 0 aliphatic heterocycles. The zero-order valence-electron chi connectivity index (χ0n) is 21.2. The van der Waals surface area contributed by atoms with Gasteiger partial charge in [0.2, 0.25) is 0 Å². The minimum atomic E-state index is -0.272. The fraction of sp³-hybridized carbons (Fsp3) is 0.531. The molecule has 186 valence electrons. The molecule has 0 radical (unpaired) electrons. The van der Waals surface area contributed by atoms with Crippen LogP contribution in [0.25, 0.3) is 6.08 Å².